The zero-order chi connectivity index (χ0) is 14.3. The summed E-state index contributed by atoms with van der Waals surface area (Å²) < 4.78 is 1.55. The number of hydrogen-bond acceptors (Lipinski definition) is 5. The molecule has 0 atom stereocenters. The Hall–Kier alpha value is -1.99. The zero-order valence-corrected chi connectivity index (χ0v) is 12.3. The van der Waals surface area contributed by atoms with E-state index in [-0.39, 0.29) is 5.91 Å². The van der Waals surface area contributed by atoms with Crippen molar-refractivity contribution in [2.75, 3.05) is 5.32 Å². The summed E-state index contributed by atoms with van der Waals surface area (Å²) in [7, 11) is 0. The number of carbonyl (C=O) groups excluding carboxylic acids is 1. The van der Waals surface area contributed by atoms with Gasteiger partial charge in [-0.2, -0.15) is 4.52 Å². The van der Waals surface area contributed by atoms with Crippen LogP contribution in [0.5, 0.6) is 0 Å². The highest BCUT2D eigenvalue weighted by Crippen LogP contribution is 2.24. The Labute approximate surface area is 123 Å². The molecule has 0 aliphatic rings. The van der Waals surface area contributed by atoms with E-state index in [9.17, 15) is 4.79 Å². The van der Waals surface area contributed by atoms with Gasteiger partial charge in [-0.1, -0.05) is 29.0 Å². The molecule has 1 aromatic carbocycles. The topological polar surface area (TPSA) is 72.2 Å². The Morgan fingerprint density at radius 2 is 2.15 bits per heavy atom. The van der Waals surface area contributed by atoms with Crippen LogP contribution >= 0.6 is 22.9 Å². The minimum absolute atomic E-state index is 0.287. The highest BCUT2D eigenvalue weighted by atomic mass is 35.5. The summed E-state index contributed by atoms with van der Waals surface area (Å²) in [5, 5.41) is 15.7. The van der Waals surface area contributed by atoms with Gasteiger partial charge in [0.1, 0.15) is 0 Å². The number of nitrogens with zero attached hydrogens (tertiary/aromatic N) is 4. The molecule has 3 rings (SSSR count). The fraction of sp³-hybridized carbons (Fsp3) is 0.167. The molecule has 0 aliphatic heterocycles. The van der Waals surface area contributed by atoms with Gasteiger partial charge < -0.3 is 5.32 Å². The van der Waals surface area contributed by atoms with Crippen molar-refractivity contribution < 1.29 is 4.79 Å². The minimum Gasteiger partial charge on any atom is -0.320 e. The van der Waals surface area contributed by atoms with E-state index in [1.807, 2.05) is 6.92 Å². The first-order chi connectivity index (χ1) is 9.56. The van der Waals surface area contributed by atoms with Crippen LogP contribution in [-0.2, 0) is 0 Å². The molecule has 0 radical (unpaired) electrons. The fourth-order valence-corrected chi connectivity index (χ4v) is 2.68. The van der Waals surface area contributed by atoms with E-state index in [2.05, 4.69) is 20.6 Å². The van der Waals surface area contributed by atoms with Crippen LogP contribution < -0.4 is 5.32 Å². The van der Waals surface area contributed by atoms with Gasteiger partial charge in [0, 0.05) is 10.7 Å². The van der Waals surface area contributed by atoms with Crippen molar-refractivity contribution in [3.8, 4) is 0 Å². The third kappa shape index (κ3) is 2.14. The van der Waals surface area contributed by atoms with Gasteiger partial charge in [-0.05, 0) is 31.5 Å². The Balaban J connectivity index is 1.90. The second-order valence-corrected chi connectivity index (χ2v) is 5.58. The third-order valence-electron chi connectivity index (χ3n) is 2.86. The Morgan fingerprint density at radius 3 is 2.90 bits per heavy atom. The molecule has 2 heterocycles. The van der Waals surface area contributed by atoms with Crippen molar-refractivity contribution >= 4 is 39.5 Å². The number of benzene rings is 1. The molecule has 1 amide bonds. The van der Waals surface area contributed by atoms with Crippen molar-refractivity contribution in [3.05, 3.63) is 39.6 Å². The summed E-state index contributed by atoms with van der Waals surface area (Å²) in [5.74, 6) is 0.361. The second kappa shape index (κ2) is 4.84. The molecule has 0 saturated carbocycles. The van der Waals surface area contributed by atoms with Crippen LogP contribution in [-0.4, -0.2) is 25.7 Å². The summed E-state index contributed by atoms with van der Waals surface area (Å²) in [4.78, 5) is 12.8. The zero-order valence-electron chi connectivity index (χ0n) is 10.7. The standard InChI is InChI=1S/C12H10ClN5OS/c1-6-8(13)4-3-5-9(6)14-10(19)11-17-18-7(2)15-16-12(18)20-11/h3-5H,1-2H3,(H,14,19). The summed E-state index contributed by atoms with van der Waals surface area (Å²) in [6.45, 7) is 3.63. The number of nitrogens with one attached hydrogen (secondary N) is 1. The van der Waals surface area contributed by atoms with E-state index in [1.165, 1.54) is 11.3 Å². The van der Waals surface area contributed by atoms with Crippen LogP contribution in [0.2, 0.25) is 5.02 Å². The second-order valence-electron chi connectivity index (χ2n) is 4.22. The molecule has 6 nitrogen and oxygen atoms in total. The number of aromatic nitrogens is 4. The van der Waals surface area contributed by atoms with E-state index in [4.69, 9.17) is 11.6 Å². The van der Waals surface area contributed by atoms with Gasteiger partial charge in [0.05, 0.1) is 0 Å². The number of fused-ring (bicyclic) bond motifs is 1. The molecule has 2 aromatic heterocycles. The molecule has 1 N–H and O–H groups in total. The van der Waals surface area contributed by atoms with Gasteiger partial charge in [-0.15, -0.1) is 15.3 Å². The van der Waals surface area contributed by atoms with E-state index in [0.29, 0.717) is 26.5 Å². The van der Waals surface area contributed by atoms with Crippen molar-refractivity contribution in [3.63, 3.8) is 0 Å². The summed E-state index contributed by atoms with van der Waals surface area (Å²) in [5.41, 5.74) is 1.49. The van der Waals surface area contributed by atoms with Crippen molar-refractivity contribution in [2.24, 2.45) is 0 Å². The SMILES string of the molecule is Cc1c(Cl)cccc1NC(=O)c1nn2c(C)nnc2s1. The lowest BCUT2D eigenvalue weighted by atomic mass is 10.2. The first kappa shape index (κ1) is 13.0. The van der Waals surface area contributed by atoms with E-state index >= 15 is 0 Å². The lowest BCUT2D eigenvalue weighted by Gasteiger charge is -2.07. The van der Waals surface area contributed by atoms with Gasteiger partial charge in [0.2, 0.25) is 9.97 Å². The Kier molecular flexibility index (Phi) is 3.15. The van der Waals surface area contributed by atoms with Crippen LogP contribution in [0.25, 0.3) is 4.96 Å². The smallest absolute Gasteiger partial charge is 0.286 e. The fourth-order valence-electron chi connectivity index (χ4n) is 1.73. The van der Waals surface area contributed by atoms with Gasteiger partial charge in [0.25, 0.3) is 5.91 Å². The molecule has 3 aromatic rings. The van der Waals surface area contributed by atoms with Crippen LogP contribution in [0.3, 0.4) is 0 Å². The number of hydrogen-bond donors (Lipinski definition) is 1. The predicted octanol–water partition coefficient (Wildman–Crippen LogP) is 2.71. The number of carbonyl (C=O) groups is 1. The first-order valence-corrected chi connectivity index (χ1v) is 7.01. The normalized spacial score (nSPS) is 10.9. The van der Waals surface area contributed by atoms with Crippen molar-refractivity contribution in [1.82, 2.24) is 19.8 Å². The monoisotopic (exact) mass is 307 g/mol. The lowest BCUT2D eigenvalue weighted by Crippen LogP contribution is -2.13. The Bertz CT molecular complexity index is 809. The van der Waals surface area contributed by atoms with E-state index in [0.717, 1.165) is 5.56 Å². The van der Waals surface area contributed by atoms with Crippen LogP contribution in [0.4, 0.5) is 5.69 Å². The third-order valence-corrected chi connectivity index (χ3v) is 4.16. The molecule has 102 valence electrons. The summed E-state index contributed by atoms with van der Waals surface area (Å²) in [6, 6.07) is 5.36. The number of amides is 1. The summed E-state index contributed by atoms with van der Waals surface area (Å²) >= 11 is 7.21. The lowest BCUT2D eigenvalue weighted by molar-refractivity contribution is 0.102. The number of halogens is 1. The highest BCUT2D eigenvalue weighted by Gasteiger charge is 2.16. The first-order valence-electron chi connectivity index (χ1n) is 5.81. The highest BCUT2D eigenvalue weighted by molar-refractivity contribution is 7.18. The summed E-state index contributed by atoms with van der Waals surface area (Å²) in [6.07, 6.45) is 0. The largest absolute Gasteiger partial charge is 0.320 e. The van der Waals surface area contributed by atoms with Crippen LogP contribution in [0.15, 0.2) is 18.2 Å². The van der Waals surface area contributed by atoms with Gasteiger partial charge in [0.15, 0.2) is 5.82 Å². The molecule has 20 heavy (non-hydrogen) atoms. The van der Waals surface area contributed by atoms with Crippen LogP contribution in [0.1, 0.15) is 21.2 Å². The maximum Gasteiger partial charge on any atom is 0.286 e. The molecular formula is C12H10ClN5OS. The molecule has 8 heteroatoms. The molecule has 0 aliphatic carbocycles. The maximum absolute atomic E-state index is 12.2. The molecule has 0 unspecified atom stereocenters. The number of aryl methyl sites for hydroxylation is 1. The average Bonchev–Trinajstić information content (AvgIpc) is 2.98. The van der Waals surface area contributed by atoms with Crippen molar-refractivity contribution in [1.29, 1.82) is 0 Å². The van der Waals surface area contributed by atoms with Crippen LogP contribution in [0, 0.1) is 13.8 Å². The predicted molar refractivity (Wildman–Crippen MR) is 77.5 cm³/mol. The molecule has 0 bridgehead atoms. The van der Waals surface area contributed by atoms with E-state index in [1.54, 1.807) is 29.6 Å². The Morgan fingerprint density at radius 1 is 1.35 bits per heavy atom. The van der Waals surface area contributed by atoms with Gasteiger partial charge in [-0.25, -0.2) is 0 Å². The minimum atomic E-state index is -0.287. The molecule has 0 fully saturated rings. The quantitative estimate of drug-likeness (QED) is 0.790. The number of rotatable bonds is 2. The van der Waals surface area contributed by atoms with Gasteiger partial charge >= 0.3 is 0 Å². The van der Waals surface area contributed by atoms with Gasteiger partial charge in [-0.3, -0.25) is 4.79 Å². The molecule has 0 spiro atoms. The average molecular weight is 308 g/mol. The molecule has 0 saturated heterocycles. The number of anilines is 1. The van der Waals surface area contributed by atoms with Crippen molar-refractivity contribution in [2.45, 2.75) is 13.8 Å². The van der Waals surface area contributed by atoms with E-state index < -0.39 is 0 Å². The maximum atomic E-state index is 12.2. The molecular weight excluding hydrogens is 298 g/mol.